The van der Waals surface area contributed by atoms with Crippen LogP contribution in [0.15, 0.2) is 0 Å². The predicted octanol–water partition coefficient (Wildman–Crippen LogP) is 3.68. The second kappa shape index (κ2) is 6.46. The first-order valence-corrected chi connectivity index (χ1v) is 8.66. The maximum absolute atomic E-state index is 12.9. The molecule has 20 heavy (non-hydrogen) atoms. The Balaban J connectivity index is 2.15. The lowest BCUT2D eigenvalue weighted by molar-refractivity contribution is -0.136. The molecule has 1 saturated heterocycles. The predicted molar refractivity (Wildman–Crippen MR) is 83.4 cm³/mol. The van der Waals surface area contributed by atoms with Gasteiger partial charge in [0.15, 0.2) is 0 Å². The lowest BCUT2D eigenvalue weighted by Gasteiger charge is -2.38. The van der Waals surface area contributed by atoms with Gasteiger partial charge in [-0.05, 0) is 38.5 Å². The van der Waals surface area contributed by atoms with E-state index in [9.17, 15) is 4.79 Å². The van der Waals surface area contributed by atoms with Crippen LogP contribution in [-0.2, 0) is 4.79 Å². The molecule has 1 aliphatic carbocycles. The molecule has 116 valence electrons. The lowest BCUT2D eigenvalue weighted by atomic mass is 9.83. The summed E-state index contributed by atoms with van der Waals surface area (Å²) in [6.45, 7) is 8.70. The fraction of sp³-hybridized carbons (Fsp3) is 0.941. The monoisotopic (exact) mass is 280 g/mol. The molecule has 0 aromatic carbocycles. The van der Waals surface area contributed by atoms with Crippen molar-refractivity contribution in [1.29, 1.82) is 0 Å². The van der Waals surface area contributed by atoms with Gasteiger partial charge in [0, 0.05) is 6.04 Å². The number of carbonyl (C=O) groups excluding carboxylic acids is 1. The third-order valence-electron chi connectivity index (χ3n) is 5.52. The Morgan fingerprint density at radius 3 is 2.65 bits per heavy atom. The van der Waals surface area contributed by atoms with Gasteiger partial charge in [0.25, 0.3) is 0 Å². The van der Waals surface area contributed by atoms with E-state index in [0.29, 0.717) is 11.9 Å². The third-order valence-corrected chi connectivity index (χ3v) is 5.52. The quantitative estimate of drug-likeness (QED) is 0.833. The molecule has 0 bridgehead atoms. The minimum Gasteiger partial charge on any atom is -0.323 e. The molecule has 1 saturated carbocycles. The topological polar surface area (TPSA) is 32.3 Å². The van der Waals surface area contributed by atoms with Crippen LogP contribution in [0, 0.1) is 5.92 Å². The minimum absolute atomic E-state index is 0.262. The van der Waals surface area contributed by atoms with E-state index in [1.54, 1.807) is 0 Å². The highest BCUT2D eigenvalue weighted by atomic mass is 16.2. The van der Waals surface area contributed by atoms with Gasteiger partial charge >= 0.3 is 0 Å². The van der Waals surface area contributed by atoms with Crippen molar-refractivity contribution in [3.63, 3.8) is 0 Å². The average Bonchev–Trinajstić information content (AvgIpc) is 2.72. The van der Waals surface area contributed by atoms with Crippen molar-refractivity contribution in [3.8, 4) is 0 Å². The molecule has 4 unspecified atom stereocenters. The van der Waals surface area contributed by atoms with Gasteiger partial charge in [0.2, 0.25) is 5.91 Å². The molecule has 1 amide bonds. The molecule has 0 spiro atoms. The Hall–Kier alpha value is -0.570. The molecule has 0 radical (unpaired) electrons. The van der Waals surface area contributed by atoms with E-state index in [2.05, 4.69) is 37.9 Å². The number of hydrogen-bond donors (Lipinski definition) is 1. The fourth-order valence-corrected chi connectivity index (χ4v) is 3.97. The highest BCUT2D eigenvalue weighted by Crippen LogP contribution is 2.35. The van der Waals surface area contributed by atoms with Crippen molar-refractivity contribution in [2.24, 2.45) is 5.92 Å². The Labute approximate surface area is 124 Å². The Bertz CT molecular complexity index is 344. The normalized spacial score (nSPS) is 38.5. The minimum atomic E-state index is -0.334. The van der Waals surface area contributed by atoms with Crippen LogP contribution in [0.25, 0.3) is 0 Å². The zero-order valence-electron chi connectivity index (χ0n) is 13.7. The molecule has 4 atom stereocenters. The molecule has 0 aromatic rings. The summed E-state index contributed by atoms with van der Waals surface area (Å²) in [5.41, 5.74) is -0.334. The average molecular weight is 280 g/mol. The molecule has 2 aliphatic rings. The summed E-state index contributed by atoms with van der Waals surface area (Å²) in [6.07, 6.45) is 9.66. The van der Waals surface area contributed by atoms with E-state index in [0.717, 1.165) is 25.2 Å². The first kappa shape index (κ1) is 15.8. The molecular weight excluding hydrogens is 248 g/mol. The summed E-state index contributed by atoms with van der Waals surface area (Å²) in [5, 5.41) is 3.62. The van der Waals surface area contributed by atoms with Gasteiger partial charge in [-0.1, -0.05) is 46.5 Å². The van der Waals surface area contributed by atoms with Crippen LogP contribution in [0.5, 0.6) is 0 Å². The van der Waals surface area contributed by atoms with E-state index in [4.69, 9.17) is 0 Å². The Kier molecular flexibility index (Phi) is 5.11. The maximum Gasteiger partial charge on any atom is 0.244 e. The van der Waals surface area contributed by atoms with Crippen molar-refractivity contribution in [1.82, 2.24) is 10.2 Å². The SMILES string of the molecule is CCCC1NC(C)(CC)C(=O)N1C1CCCC(CC)C1. The van der Waals surface area contributed by atoms with E-state index < -0.39 is 0 Å². The molecule has 1 aliphatic heterocycles. The van der Waals surface area contributed by atoms with Crippen molar-refractivity contribution < 1.29 is 4.79 Å². The number of amides is 1. The molecule has 3 heteroatoms. The highest BCUT2D eigenvalue weighted by molar-refractivity contribution is 5.88. The van der Waals surface area contributed by atoms with Crippen LogP contribution < -0.4 is 5.32 Å². The fourth-order valence-electron chi connectivity index (χ4n) is 3.97. The van der Waals surface area contributed by atoms with Crippen LogP contribution in [0.3, 0.4) is 0 Å². The molecule has 1 heterocycles. The summed E-state index contributed by atoms with van der Waals surface area (Å²) < 4.78 is 0. The van der Waals surface area contributed by atoms with E-state index in [1.165, 1.54) is 32.1 Å². The third kappa shape index (κ3) is 2.88. The van der Waals surface area contributed by atoms with Gasteiger partial charge in [-0.15, -0.1) is 0 Å². The molecule has 2 rings (SSSR count). The van der Waals surface area contributed by atoms with Crippen LogP contribution in [0.4, 0.5) is 0 Å². The van der Waals surface area contributed by atoms with Crippen molar-refractivity contribution >= 4 is 5.91 Å². The molecule has 0 aromatic heterocycles. The summed E-state index contributed by atoms with van der Waals surface area (Å²) in [6, 6.07) is 0.471. The highest BCUT2D eigenvalue weighted by Gasteiger charge is 2.49. The van der Waals surface area contributed by atoms with Gasteiger partial charge in [-0.3, -0.25) is 10.1 Å². The molecular formula is C17H32N2O. The van der Waals surface area contributed by atoms with Crippen LogP contribution in [0.2, 0.25) is 0 Å². The number of carbonyl (C=O) groups is 1. The Morgan fingerprint density at radius 2 is 2.05 bits per heavy atom. The largest absolute Gasteiger partial charge is 0.323 e. The van der Waals surface area contributed by atoms with Gasteiger partial charge in [0.1, 0.15) is 0 Å². The summed E-state index contributed by atoms with van der Waals surface area (Å²) in [5.74, 6) is 1.16. The number of nitrogens with zero attached hydrogens (tertiary/aromatic N) is 1. The standard InChI is InChI=1S/C17H32N2O/c1-5-9-15-18-17(4,7-3)16(20)19(15)14-11-8-10-13(6-2)12-14/h13-15,18H,5-12H2,1-4H3. The van der Waals surface area contributed by atoms with Gasteiger partial charge < -0.3 is 4.90 Å². The zero-order valence-corrected chi connectivity index (χ0v) is 13.7. The molecule has 2 fully saturated rings. The Morgan fingerprint density at radius 1 is 1.30 bits per heavy atom. The maximum atomic E-state index is 12.9. The van der Waals surface area contributed by atoms with Crippen LogP contribution in [0.1, 0.15) is 79.1 Å². The molecule has 1 N–H and O–H groups in total. The van der Waals surface area contributed by atoms with E-state index in [1.807, 2.05) is 0 Å². The van der Waals surface area contributed by atoms with Gasteiger partial charge in [-0.2, -0.15) is 0 Å². The number of rotatable bonds is 5. The van der Waals surface area contributed by atoms with Crippen LogP contribution >= 0.6 is 0 Å². The van der Waals surface area contributed by atoms with Crippen LogP contribution in [-0.4, -0.2) is 28.6 Å². The summed E-state index contributed by atoms with van der Waals surface area (Å²) in [4.78, 5) is 15.1. The summed E-state index contributed by atoms with van der Waals surface area (Å²) in [7, 11) is 0. The smallest absolute Gasteiger partial charge is 0.244 e. The van der Waals surface area contributed by atoms with Crippen molar-refractivity contribution in [3.05, 3.63) is 0 Å². The number of nitrogens with one attached hydrogen (secondary N) is 1. The van der Waals surface area contributed by atoms with E-state index in [-0.39, 0.29) is 11.7 Å². The first-order chi connectivity index (χ1) is 9.55. The summed E-state index contributed by atoms with van der Waals surface area (Å²) >= 11 is 0. The zero-order chi connectivity index (χ0) is 14.8. The molecule has 3 nitrogen and oxygen atoms in total. The van der Waals surface area contributed by atoms with Crippen molar-refractivity contribution in [2.45, 2.75) is 96.8 Å². The lowest BCUT2D eigenvalue weighted by Crippen LogP contribution is -2.47. The van der Waals surface area contributed by atoms with E-state index >= 15 is 0 Å². The van der Waals surface area contributed by atoms with Gasteiger partial charge in [-0.25, -0.2) is 0 Å². The second-order valence-electron chi connectivity index (χ2n) is 6.94. The van der Waals surface area contributed by atoms with Crippen molar-refractivity contribution in [2.75, 3.05) is 0 Å². The van der Waals surface area contributed by atoms with Gasteiger partial charge in [0.05, 0.1) is 11.7 Å². The number of hydrogen-bond acceptors (Lipinski definition) is 2. The first-order valence-electron chi connectivity index (χ1n) is 8.66. The second-order valence-corrected chi connectivity index (χ2v) is 6.94.